The number of fused-ring (bicyclic) bond motifs is 2. The van der Waals surface area contributed by atoms with Crippen molar-refractivity contribution in [1.29, 1.82) is 0 Å². The van der Waals surface area contributed by atoms with E-state index in [1.807, 2.05) is 18.2 Å². The first-order valence-electron chi connectivity index (χ1n) is 8.76. The summed E-state index contributed by atoms with van der Waals surface area (Å²) in [6.07, 6.45) is 0. The first-order chi connectivity index (χ1) is 12.9. The van der Waals surface area contributed by atoms with Crippen molar-refractivity contribution in [2.75, 3.05) is 0 Å². The molecule has 0 saturated carbocycles. The quantitative estimate of drug-likeness (QED) is 0.195. The smallest absolute Gasteiger partial charge is 1.00 e. The molecule has 3 radical (unpaired) electrons. The molecule has 0 atom stereocenters. The number of halogens is 2. The summed E-state index contributed by atoms with van der Waals surface area (Å²) in [7, 11) is 3.40. The van der Waals surface area contributed by atoms with E-state index < -0.39 is 0 Å². The molecule has 4 heteroatoms. The van der Waals surface area contributed by atoms with Crippen molar-refractivity contribution in [2.45, 2.75) is 6.04 Å². The zero-order chi connectivity index (χ0) is 18.0. The topological polar surface area (TPSA) is 0 Å². The summed E-state index contributed by atoms with van der Waals surface area (Å²) in [4.78, 5) is 0. The molecule has 143 valence electrons. The fourth-order valence-electron chi connectivity index (χ4n) is 2.74. The molecule has 0 aliphatic rings. The SMILES string of the molecule is [Cl-].[Cl-].[Hf+4].[Si]Cc1ccccc1.c1ccc2[cH-]ccc2c1.c1ccc2[cH-]ccc2c1. The average molecular weight is 599 g/mol. The summed E-state index contributed by atoms with van der Waals surface area (Å²) in [5.41, 5.74) is 1.32. The molecule has 0 fully saturated rings. The minimum Gasteiger partial charge on any atom is -1.00 e. The van der Waals surface area contributed by atoms with Gasteiger partial charge >= 0.3 is 25.8 Å². The summed E-state index contributed by atoms with van der Waals surface area (Å²) < 4.78 is 0. The van der Waals surface area contributed by atoms with Gasteiger partial charge in [-0.2, -0.15) is 35.0 Å². The maximum Gasteiger partial charge on any atom is 4.00 e. The molecule has 5 aromatic rings. The van der Waals surface area contributed by atoms with Crippen LogP contribution >= 0.6 is 0 Å². The van der Waals surface area contributed by atoms with Crippen molar-refractivity contribution in [3.8, 4) is 0 Å². The van der Waals surface area contributed by atoms with E-state index in [0.29, 0.717) is 0 Å². The van der Waals surface area contributed by atoms with Crippen LogP contribution in [0.1, 0.15) is 5.56 Å². The zero-order valence-electron chi connectivity index (χ0n) is 15.9. The normalized spacial score (nSPS) is 8.86. The van der Waals surface area contributed by atoms with Crippen LogP contribution in [0.4, 0.5) is 0 Å². The van der Waals surface area contributed by atoms with Crippen LogP contribution in [-0.4, -0.2) is 10.2 Å². The Balaban J connectivity index is 0.000000387. The summed E-state index contributed by atoms with van der Waals surface area (Å²) in [6, 6.07) is 40.6. The molecule has 0 unspecified atom stereocenters. The molecule has 0 aromatic heterocycles. The molecular formula is C25H21Cl2HfSi. The van der Waals surface area contributed by atoms with E-state index in [9.17, 15) is 0 Å². The molecule has 0 heterocycles. The van der Waals surface area contributed by atoms with Crippen molar-refractivity contribution in [1.82, 2.24) is 0 Å². The molecule has 0 saturated heterocycles. The maximum absolute atomic E-state index is 3.40. The van der Waals surface area contributed by atoms with E-state index in [2.05, 4.69) is 107 Å². The molecule has 0 amide bonds. The Bertz CT molecular complexity index is 912. The van der Waals surface area contributed by atoms with Crippen LogP contribution in [0.5, 0.6) is 0 Å². The maximum atomic E-state index is 3.40. The summed E-state index contributed by atoms with van der Waals surface area (Å²) in [6.45, 7) is 0. The van der Waals surface area contributed by atoms with Gasteiger partial charge in [-0.15, -0.1) is 59.3 Å². The van der Waals surface area contributed by atoms with E-state index in [-0.39, 0.29) is 50.7 Å². The Kier molecular flexibility index (Phi) is 14.6. The van der Waals surface area contributed by atoms with Crippen LogP contribution < -0.4 is 24.8 Å². The molecule has 29 heavy (non-hydrogen) atoms. The van der Waals surface area contributed by atoms with Gasteiger partial charge in [0.2, 0.25) is 0 Å². The third kappa shape index (κ3) is 8.84. The minimum absolute atomic E-state index is 0. The van der Waals surface area contributed by atoms with Crippen LogP contribution in [0, 0.1) is 0 Å². The Morgan fingerprint density at radius 1 is 0.552 bits per heavy atom. The zero-order valence-corrected chi connectivity index (χ0v) is 22.0. The fourth-order valence-corrected chi connectivity index (χ4v) is 2.97. The van der Waals surface area contributed by atoms with Gasteiger partial charge in [-0.1, -0.05) is 48.0 Å². The van der Waals surface area contributed by atoms with Gasteiger partial charge in [-0.25, -0.2) is 0 Å². The molecule has 0 N–H and O–H groups in total. The Labute approximate surface area is 208 Å². The molecule has 5 aromatic carbocycles. The van der Waals surface area contributed by atoms with Crippen LogP contribution in [0.2, 0.25) is 0 Å². The summed E-state index contributed by atoms with van der Waals surface area (Å²) >= 11 is 0. The fraction of sp³-hybridized carbons (Fsp3) is 0.0400. The van der Waals surface area contributed by atoms with Crippen molar-refractivity contribution < 1.29 is 50.7 Å². The molecule has 5 rings (SSSR count). The van der Waals surface area contributed by atoms with Gasteiger partial charge in [0, 0.05) is 10.2 Å². The predicted octanol–water partition coefficient (Wildman–Crippen LogP) is 0.478. The van der Waals surface area contributed by atoms with E-state index in [0.717, 1.165) is 6.04 Å². The molecule has 0 aliphatic heterocycles. The van der Waals surface area contributed by atoms with Crippen LogP contribution in [-0.2, 0) is 31.9 Å². The van der Waals surface area contributed by atoms with Crippen molar-refractivity contribution in [3.05, 3.63) is 121 Å². The van der Waals surface area contributed by atoms with Gasteiger partial charge in [-0.3, -0.25) is 0 Å². The molecule has 0 bridgehead atoms. The number of hydrogen-bond donors (Lipinski definition) is 0. The van der Waals surface area contributed by atoms with E-state index in [4.69, 9.17) is 0 Å². The third-order valence-corrected chi connectivity index (χ3v) is 4.55. The summed E-state index contributed by atoms with van der Waals surface area (Å²) in [5, 5.41) is 5.32. The van der Waals surface area contributed by atoms with E-state index in [1.165, 1.54) is 27.1 Å². The third-order valence-electron chi connectivity index (χ3n) is 4.14. The number of benzene rings is 3. The standard InChI is InChI=1S/2C9H7.C7H7Si.2ClH.Hf/c2*1-2-5-9-7-3-6-8(9)4-1;8-6-7-4-2-1-3-5-7;;;/h2*1-7H;1-5H,6H2;2*1H;/q2*-1;;;;+4/p-2. The van der Waals surface area contributed by atoms with Gasteiger partial charge in [0.1, 0.15) is 0 Å². The molecular weight excluding hydrogens is 578 g/mol. The van der Waals surface area contributed by atoms with Crippen LogP contribution in [0.25, 0.3) is 21.5 Å². The Morgan fingerprint density at radius 2 is 0.966 bits per heavy atom. The number of hydrogen-bond acceptors (Lipinski definition) is 0. The van der Waals surface area contributed by atoms with Gasteiger partial charge in [0.25, 0.3) is 0 Å². The van der Waals surface area contributed by atoms with E-state index >= 15 is 0 Å². The van der Waals surface area contributed by atoms with Gasteiger partial charge < -0.3 is 24.8 Å². The van der Waals surface area contributed by atoms with Gasteiger partial charge in [0.05, 0.1) is 0 Å². The Hall–Kier alpha value is -1.45. The monoisotopic (exact) mass is 599 g/mol. The van der Waals surface area contributed by atoms with Crippen molar-refractivity contribution >= 4 is 31.8 Å². The number of rotatable bonds is 1. The molecule has 0 spiro atoms. The molecule has 0 aliphatic carbocycles. The minimum atomic E-state index is 0. The molecule has 0 nitrogen and oxygen atoms in total. The second-order valence-electron chi connectivity index (χ2n) is 5.97. The van der Waals surface area contributed by atoms with Crippen LogP contribution in [0.15, 0.2) is 115 Å². The average Bonchev–Trinajstić information content (AvgIpc) is 3.38. The van der Waals surface area contributed by atoms with E-state index in [1.54, 1.807) is 0 Å². The predicted molar refractivity (Wildman–Crippen MR) is 115 cm³/mol. The first kappa shape index (κ1) is 27.5. The van der Waals surface area contributed by atoms with Gasteiger partial charge in [0.15, 0.2) is 0 Å². The second kappa shape index (κ2) is 15.4. The van der Waals surface area contributed by atoms with Gasteiger partial charge in [-0.05, 0) is 6.04 Å². The van der Waals surface area contributed by atoms with Crippen molar-refractivity contribution in [3.63, 3.8) is 0 Å². The Morgan fingerprint density at radius 3 is 1.34 bits per heavy atom. The van der Waals surface area contributed by atoms with Crippen molar-refractivity contribution in [2.24, 2.45) is 0 Å². The first-order valence-corrected chi connectivity index (χ1v) is 9.47. The second-order valence-corrected chi connectivity index (χ2v) is 6.33. The van der Waals surface area contributed by atoms with Crippen LogP contribution in [0.3, 0.4) is 0 Å². The summed E-state index contributed by atoms with van der Waals surface area (Å²) in [5.74, 6) is 0. The largest absolute Gasteiger partial charge is 4.00 e.